The summed E-state index contributed by atoms with van der Waals surface area (Å²) in [5.41, 5.74) is 6.95. The van der Waals surface area contributed by atoms with Crippen LogP contribution in [0.5, 0.6) is 5.75 Å². The lowest BCUT2D eigenvalue weighted by molar-refractivity contribution is 0.238. The van der Waals surface area contributed by atoms with Gasteiger partial charge in [0.2, 0.25) is 13.4 Å². The van der Waals surface area contributed by atoms with E-state index >= 15 is 0 Å². The molecule has 11 heteroatoms. The summed E-state index contributed by atoms with van der Waals surface area (Å²) in [6.45, 7) is 4.27. The van der Waals surface area contributed by atoms with E-state index in [2.05, 4.69) is 32.9 Å². The number of fused-ring (bicyclic) bond motifs is 1. The van der Waals surface area contributed by atoms with Gasteiger partial charge >= 0.3 is 0 Å². The summed E-state index contributed by atoms with van der Waals surface area (Å²) in [7, 11) is -2.79. The normalized spacial score (nSPS) is 20.7. The molecule has 1 saturated carbocycles. The van der Waals surface area contributed by atoms with Gasteiger partial charge in [0, 0.05) is 5.92 Å². The minimum absolute atomic E-state index is 0.0440. The highest BCUT2D eigenvalue weighted by Gasteiger charge is 2.33. The zero-order valence-electron chi connectivity index (χ0n) is 16.9. The van der Waals surface area contributed by atoms with Gasteiger partial charge in [-0.2, -0.15) is 4.98 Å². The lowest BCUT2D eigenvalue weighted by atomic mass is 10.0. The van der Waals surface area contributed by atoms with Gasteiger partial charge in [0.05, 0.1) is 19.0 Å². The summed E-state index contributed by atoms with van der Waals surface area (Å²) < 4.78 is 13.8. The van der Waals surface area contributed by atoms with E-state index in [1.807, 2.05) is 22.8 Å². The molecule has 5 N–H and O–H groups in total. The summed E-state index contributed by atoms with van der Waals surface area (Å²) in [6.07, 6.45) is 7.27. The molecular weight excluding hydrogens is 419 g/mol. The molecule has 2 aromatic heterocycles. The number of aliphatic hydroxyl groups is 1. The number of imidazole rings is 1. The highest BCUT2D eigenvalue weighted by atomic mass is 31.2. The third kappa shape index (κ3) is 4.42. The molecule has 3 aromatic rings. The largest absolute Gasteiger partial charge is 0.441 e. The van der Waals surface area contributed by atoms with E-state index in [0.717, 1.165) is 18.4 Å². The average molecular weight is 444 g/mol. The number of benzene rings is 1. The number of nitrogens with one attached hydrogen (secondary N) is 2. The van der Waals surface area contributed by atoms with Crippen molar-refractivity contribution in [2.45, 2.75) is 18.9 Å². The minimum Gasteiger partial charge on any atom is -0.441 e. The maximum absolute atomic E-state index is 12.1. The molecule has 0 saturated heterocycles. The molecule has 1 aliphatic rings. The molecule has 0 amide bonds. The fourth-order valence-electron chi connectivity index (χ4n) is 3.76. The first-order valence-electron chi connectivity index (χ1n) is 9.80. The topological polar surface area (TPSA) is 140 Å². The molecule has 3 unspecified atom stereocenters. The minimum atomic E-state index is -2.79. The van der Waals surface area contributed by atoms with Crippen LogP contribution in [0.2, 0.25) is 0 Å². The lowest BCUT2D eigenvalue weighted by Gasteiger charge is -2.27. The van der Waals surface area contributed by atoms with Gasteiger partial charge in [-0.1, -0.05) is 24.8 Å². The number of H-pyrrole nitrogens is 1. The Balaban J connectivity index is 1.48. The molecule has 2 heterocycles. The van der Waals surface area contributed by atoms with Crippen LogP contribution >= 0.6 is 7.49 Å². The number of aromatic nitrogens is 4. The number of para-hydroxylation sites is 1. The van der Waals surface area contributed by atoms with Gasteiger partial charge in [-0.25, -0.2) is 10.1 Å². The second-order valence-electron chi connectivity index (χ2n) is 7.33. The maximum atomic E-state index is 12.1. The number of hydrogen-bond donors (Lipinski definition) is 4. The molecule has 3 atom stereocenters. The molecule has 31 heavy (non-hydrogen) atoms. The number of rotatable bonds is 8. The smallest absolute Gasteiger partial charge is 0.280 e. The van der Waals surface area contributed by atoms with Gasteiger partial charge in [-0.05, 0) is 36.8 Å². The van der Waals surface area contributed by atoms with Crippen LogP contribution in [0.4, 0.5) is 5.95 Å². The van der Waals surface area contributed by atoms with Gasteiger partial charge in [-0.3, -0.25) is 9.78 Å². The first-order chi connectivity index (χ1) is 14.9. The third-order valence-electron chi connectivity index (χ3n) is 5.32. The van der Waals surface area contributed by atoms with E-state index in [-0.39, 0.29) is 35.7 Å². The molecule has 0 radical (unpaired) electrons. The Morgan fingerprint density at radius 1 is 1.35 bits per heavy atom. The van der Waals surface area contributed by atoms with Crippen molar-refractivity contribution in [3.8, 4) is 5.75 Å². The Labute approximate surface area is 178 Å². The van der Waals surface area contributed by atoms with E-state index in [1.54, 1.807) is 18.5 Å². The number of hydrogen-bond acceptors (Lipinski definition) is 8. The number of nitrogens with two attached hydrogens (primary N) is 1. The van der Waals surface area contributed by atoms with Crippen molar-refractivity contribution in [2.75, 3.05) is 19.1 Å². The van der Waals surface area contributed by atoms with Gasteiger partial charge in [0.15, 0.2) is 11.2 Å². The first kappa shape index (κ1) is 21.3. The van der Waals surface area contributed by atoms with Crippen LogP contribution in [-0.2, 0) is 4.52 Å². The first-order valence-corrected chi connectivity index (χ1v) is 11.6. The van der Waals surface area contributed by atoms with Gasteiger partial charge in [0.1, 0.15) is 12.5 Å². The number of aromatic amines is 1. The number of nitrogens with zero attached hydrogens (tertiary/aromatic N) is 3. The average Bonchev–Trinajstić information content (AvgIpc) is 3.30. The van der Waals surface area contributed by atoms with Crippen molar-refractivity contribution in [1.29, 1.82) is 0 Å². The van der Waals surface area contributed by atoms with E-state index in [4.69, 9.17) is 14.8 Å². The van der Waals surface area contributed by atoms with Gasteiger partial charge < -0.3 is 24.5 Å². The third-order valence-corrected chi connectivity index (χ3v) is 7.01. The molecule has 4 rings (SSSR count). The molecule has 1 fully saturated rings. The molecule has 164 valence electrons. The molecule has 10 nitrogen and oxygen atoms in total. The molecule has 0 bridgehead atoms. The summed E-state index contributed by atoms with van der Waals surface area (Å²) >= 11 is 0. The highest BCUT2D eigenvalue weighted by Crippen LogP contribution is 2.47. The van der Waals surface area contributed by atoms with Crippen LogP contribution in [0.3, 0.4) is 0 Å². The Morgan fingerprint density at radius 3 is 2.87 bits per heavy atom. The van der Waals surface area contributed by atoms with Crippen LogP contribution in [0.25, 0.3) is 11.2 Å². The van der Waals surface area contributed by atoms with E-state index in [9.17, 15) is 9.90 Å². The second kappa shape index (κ2) is 8.68. The molecular formula is C20H25N6O4P. The Kier molecular flexibility index (Phi) is 5.97. The summed E-state index contributed by atoms with van der Waals surface area (Å²) in [5, 5.41) is 12.2. The Hall–Kier alpha value is -2.91. The van der Waals surface area contributed by atoms with Crippen LogP contribution < -0.4 is 20.9 Å². The number of aliphatic hydroxyl groups excluding tert-OH is 1. The lowest BCUT2D eigenvalue weighted by Crippen LogP contribution is -2.20. The zero-order chi connectivity index (χ0) is 22.0. The summed E-state index contributed by atoms with van der Waals surface area (Å²) in [6, 6.07) is 9.11. The molecule has 0 spiro atoms. The fourth-order valence-corrected chi connectivity index (χ4v) is 5.06. The van der Waals surface area contributed by atoms with Gasteiger partial charge in [0.25, 0.3) is 5.56 Å². The van der Waals surface area contributed by atoms with Crippen molar-refractivity contribution in [3.05, 3.63) is 59.2 Å². The zero-order valence-corrected chi connectivity index (χ0v) is 17.8. The second-order valence-corrected chi connectivity index (χ2v) is 9.43. The van der Waals surface area contributed by atoms with E-state index in [0.29, 0.717) is 18.0 Å². The van der Waals surface area contributed by atoms with Crippen LogP contribution in [0.1, 0.15) is 18.9 Å². The summed E-state index contributed by atoms with van der Waals surface area (Å²) in [5.74, 6) is 0.694. The van der Waals surface area contributed by atoms with Gasteiger partial charge in [-0.15, -0.1) is 0 Å². The van der Waals surface area contributed by atoms with E-state index in [1.165, 1.54) is 0 Å². The van der Waals surface area contributed by atoms with Crippen molar-refractivity contribution in [1.82, 2.24) is 24.6 Å². The molecule has 1 aliphatic carbocycles. The molecule has 0 aliphatic heterocycles. The molecule has 1 aromatic carbocycles. The maximum Gasteiger partial charge on any atom is 0.280 e. The Bertz CT molecular complexity index is 1190. The van der Waals surface area contributed by atoms with Crippen molar-refractivity contribution in [3.63, 3.8) is 0 Å². The van der Waals surface area contributed by atoms with Crippen LogP contribution in [0, 0.1) is 5.92 Å². The summed E-state index contributed by atoms with van der Waals surface area (Å²) in [4.78, 5) is 22.9. The standard InChI is InChI=1S/C20H25N6O4P/c1-13-14(10-29-31(2,23-12-27)30-15-6-4-3-5-7-15)8-9-16(13)26-11-22-17-18(26)24-20(21)25-19(17)28/h3-7,11,14,16,23,27H,1-2,8-10,12H2,(H3,21,24,25,28). The number of nitrogen functional groups attached to an aromatic ring is 1. The van der Waals surface area contributed by atoms with Crippen LogP contribution in [-0.4, -0.2) is 44.3 Å². The van der Waals surface area contributed by atoms with Crippen molar-refractivity contribution >= 4 is 30.9 Å². The highest BCUT2D eigenvalue weighted by molar-refractivity contribution is 7.62. The number of anilines is 1. The monoisotopic (exact) mass is 444 g/mol. The Morgan fingerprint density at radius 2 is 2.13 bits per heavy atom. The van der Waals surface area contributed by atoms with E-state index < -0.39 is 7.49 Å². The van der Waals surface area contributed by atoms with Crippen LogP contribution in [0.15, 0.2) is 53.6 Å². The predicted octanol–water partition coefficient (Wildman–Crippen LogP) is 2.04. The van der Waals surface area contributed by atoms with Crippen molar-refractivity contribution < 1.29 is 14.2 Å². The quantitative estimate of drug-likeness (QED) is 0.235. The fraction of sp³-hybridized carbons (Fsp3) is 0.300. The SMILES string of the molecule is C=C1C(COP(=C)(NCO)Oc2ccccc2)CCC1n1cnc2c(=O)[nH]c(N)nc21. The predicted molar refractivity (Wildman–Crippen MR) is 121 cm³/mol. The van der Waals surface area contributed by atoms with Crippen molar-refractivity contribution in [2.24, 2.45) is 5.92 Å².